The molecule has 4 nitrogen and oxygen atoms in total. The normalized spacial score (nSPS) is 15.1. The summed E-state index contributed by atoms with van der Waals surface area (Å²) in [5.41, 5.74) is 1.00. The summed E-state index contributed by atoms with van der Waals surface area (Å²) in [6.45, 7) is 1.08. The number of amides is 1. The van der Waals surface area contributed by atoms with Crippen molar-refractivity contribution in [3.05, 3.63) is 35.1 Å². The first kappa shape index (κ1) is 15.5. The maximum atomic E-state index is 13.7. The summed E-state index contributed by atoms with van der Waals surface area (Å²) in [5, 5.41) is 11.4. The fourth-order valence-corrected chi connectivity index (χ4v) is 2.22. The van der Waals surface area contributed by atoms with E-state index in [9.17, 15) is 9.18 Å². The van der Waals surface area contributed by atoms with E-state index in [1.165, 1.54) is 6.07 Å². The first-order valence-corrected chi connectivity index (χ1v) is 6.94. The lowest BCUT2D eigenvalue weighted by molar-refractivity contribution is -0.128. The topological polar surface area (TPSA) is 58.6 Å². The molecule has 112 valence electrons. The number of benzene rings is 1. The number of hydrogen-bond acceptors (Lipinski definition) is 3. The second-order valence-electron chi connectivity index (χ2n) is 4.87. The van der Waals surface area contributed by atoms with Gasteiger partial charge in [0, 0.05) is 36.8 Å². The quantitative estimate of drug-likeness (QED) is 0.823. The summed E-state index contributed by atoms with van der Waals surface area (Å²) in [6, 6.07) is 4.45. The van der Waals surface area contributed by atoms with Crippen molar-refractivity contribution in [1.82, 2.24) is 5.32 Å². The van der Waals surface area contributed by atoms with Gasteiger partial charge in [0.1, 0.15) is 12.4 Å². The highest BCUT2D eigenvalue weighted by molar-refractivity contribution is 5.78. The van der Waals surface area contributed by atoms with Crippen molar-refractivity contribution in [2.45, 2.75) is 19.4 Å². The van der Waals surface area contributed by atoms with Crippen LogP contribution in [0.25, 0.3) is 0 Å². The maximum absolute atomic E-state index is 13.7. The molecule has 0 aliphatic carbocycles. The number of rotatable bonds is 3. The molecule has 0 atom stereocenters. The molecule has 1 amide bonds. The molecule has 2 rings (SSSR count). The molecule has 0 unspecified atom stereocenters. The van der Waals surface area contributed by atoms with Gasteiger partial charge < -0.3 is 15.2 Å². The van der Waals surface area contributed by atoms with Crippen molar-refractivity contribution >= 4 is 5.91 Å². The highest BCUT2D eigenvalue weighted by Gasteiger charge is 2.21. The lowest BCUT2D eigenvalue weighted by Gasteiger charge is -2.21. The molecule has 1 aliphatic heterocycles. The van der Waals surface area contributed by atoms with Crippen LogP contribution in [-0.2, 0) is 16.1 Å². The minimum Gasteiger partial charge on any atom is -0.384 e. The van der Waals surface area contributed by atoms with Crippen LogP contribution in [0.1, 0.15) is 24.0 Å². The third-order valence-corrected chi connectivity index (χ3v) is 3.40. The predicted octanol–water partition coefficient (Wildman–Crippen LogP) is 1.21. The van der Waals surface area contributed by atoms with Crippen LogP contribution >= 0.6 is 0 Å². The zero-order valence-electron chi connectivity index (χ0n) is 11.7. The van der Waals surface area contributed by atoms with Crippen LogP contribution < -0.4 is 5.32 Å². The van der Waals surface area contributed by atoms with E-state index in [0.717, 1.165) is 0 Å². The first-order chi connectivity index (χ1) is 10.2. The Labute approximate surface area is 123 Å². The van der Waals surface area contributed by atoms with Crippen molar-refractivity contribution in [1.29, 1.82) is 0 Å². The minimum atomic E-state index is -0.378. The highest BCUT2D eigenvalue weighted by atomic mass is 19.1. The molecule has 1 aromatic carbocycles. The van der Waals surface area contributed by atoms with Crippen molar-refractivity contribution < 1.29 is 19.0 Å². The van der Waals surface area contributed by atoms with E-state index in [2.05, 4.69) is 17.2 Å². The number of ether oxygens (including phenoxy) is 1. The van der Waals surface area contributed by atoms with Gasteiger partial charge in [-0.2, -0.15) is 0 Å². The molecule has 0 saturated carbocycles. The number of aliphatic hydroxyl groups excluding tert-OH is 1. The minimum absolute atomic E-state index is 0.0563. The SMILES string of the molecule is O=C(NCc1cc(C#CCO)ccc1F)C1CCOCC1. The fraction of sp³-hybridized carbons (Fsp3) is 0.438. The Morgan fingerprint density at radius 3 is 2.90 bits per heavy atom. The van der Waals surface area contributed by atoms with E-state index in [0.29, 0.717) is 37.2 Å². The summed E-state index contributed by atoms with van der Waals surface area (Å²) in [6.07, 6.45) is 1.41. The molecule has 0 spiro atoms. The predicted molar refractivity (Wildman–Crippen MR) is 75.8 cm³/mol. The molecule has 1 aliphatic rings. The van der Waals surface area contributed by atoms with Gasteiger partial charge in [-0.05, 0) is 31.0 Å². The number of nitrogens with one attached hydrogen (secondary N) is 1. The number of aliphatic hydroxyl groups is 1. The molecule has 1 fully saturated rings. The average Bonchev–Trinajstić information content (AvgIpc) is 2.53. The first-order valence-electron chi connectivity index (χ1n) is 6.94. The molecule has 0 bridgehead atoms. The Morgan fingerprint density at radius 2 is 2.19 bits per heavy atom. The van der Waals surface area contributed by atoms with Crippen LogP contribution in [0.4, 0.5) is 4.39 Å². The van der Waals surface area contributed by atoms with E-state index >= 15 is 0 Å². The van der Waals surface area contributed by atoms with Gasteiger partial charge in [0.15, 0.2) is 0 Å². The van der Waals surface area contributed by atoms with Gasteiger partial charge in [-0.15, -0.1) is 0 Å². The van der Waals surface area contributed by atoms with Gasteiger partial charge in [0.25, 0.3) is 0 Å². The monoisotopic (exact) mass is 291 g/mol. The standard InChI is InChI=1S/C16H18FNO3/c17-15-4-3-12(2-1-7-19)10-14(15)11-18-16(20)13-5-8-21-9-6-13/h3-4,10,13,19H,5-9,11H2,(H,18,20). The lowest BCUT2D eigenvalue weighted by Crippen LogP contribution is -2.34. The molecule has 1 saturated heterocycles. The second-order valence-corrected chi connectivity index (χ2v) is 4.87. The summed E-state index contributed by atoms with van der Waals surface area (Å²) >= 11 is 0. The van der Waals surface area contributed by atoms with E-state index in [-0.39, 0.29) is 30.8 Å². The zero-order chi connectivity index (χ0) is 15.1. The molecule has 5 heteroatoms. The Balaban J connectivity index is 1.96. The lowest BCUT2D eigenvalue weighted by atomic mass is 9.99. The Hall–Kier alpha value is -1.90. The molecule has 0 radical (unpaired) electrons. The highest BCUT2D eigenvalue weighted by Crippen LogP contribution is 2.15. The van der Waals surface area contributed by atoms with Crippen LogP contribution in [0.3, 0.4) is 0 Å². The number of carbonyl (C=O) groups excluding carboxylic acids is 1. The summed E-state index contributed by atoms with van der Waals surface area (Å²) in [5.74, 6) is 4.73. The summed E-state index contributed by atoms with van der Waals surface area (Å²) < 4.78 is 18.9. The van der Waals surface area contributed by atoms with E-state index in [1.54, 1.807) is 12.1 Å². The van der Waals surface area contributed by atoms with Crippen LogP contribution in [0, 0.1) is 23.6 Å². The maximum Gasteiger partial charge on any atom is 0.223 e. The number of carbonyl (C=O) groups is 1. The molecule has 1 aromatic rings. The van der Waals surface area contributed by atoms with Crippen LogP contribution in [-0.4, -0.2) is 30.8 Å². The Kier molecular flexibility index (Phi) is 5.73. The van der Waals surface area contributed by atoms with Crippen LogP contribution in [0.15, 0.2) is 18.2 Å². The Morgan fingerprint density at radius 1 is 1.43 bits per heavy atom. The van der Waals surface area contributed by atoms with E-state index in [4.69, 9.17) is 9.84 Å². The van der Waals surface area contributed by atoms with Gasteiger partial charge in [-0.3, -0.25) is 4.79 Å². The molecule has 2 N–H and O–H groups in total. The largest absolute Gasteiger partial charge is 0.384 e. The van der Waals surface area contributed by atoms with Crippen molar-refractivity contribution in [3.63, 3.8) is 0 Å². The fourth-order valence-electron chi connectivity index (χ4n) is 2.22. The van der Waals surface area contributed by atoms with Crippen LogP contribution in [0.5, 0.6) is 0 Å². The summed E-state index contributed by atoms with van der Waals surface area (Å²) in [4.78, 5) is 12.0. The van der Waals surface area contributed by atoms with Gasteiger partial charge in [-0.1, -0.05) is 11.8 Å². The van der Waals surface area contributed by atoms with Crippen molar-refractivity contribution in [2.24, 2.45) is 5.92 Å². The van der Waals surface area contributed by atoms with Crippen molar-refractivity contribution in [2.75, 3.05) is 19.8 Å². The van der Waals surface area contributed by atoms with Crippen LogP contribution in [0.2, 0.25) is 0 Å². The van der Waals surface area contributed by atoms with Gasteiger partial charge >= 0.3 is 0 Å². The van der Waals surface area contributed by atoms with E-state index in [1.807, 2.05) is 0 Å². The molecular weight excluding hydrogens is 273 g/mol. The third-order valence-electron chi connectivity index (χ3n) is 3.40. The molecule has 21 heavy (non-hydrogen) atoms. The average molecular weight is 291 g/mol. The van der Waals surface area contributed by atoms with E-state index < -0.39 is 0 Å². The molecule has 1 heterocycles. The number of halogens is 1. The third kappa shape index (κ3) is 4.55. The second kappa shape index (κ2) is 7.77. The van der Waals surface area contributed by atoms with Gasteiger partial charge in [0.05, 0.1) is 0 Å². The van der Waals surface area contributed by atoms with Gasteiger partial charge in [0.2, 0.25) is 5.91 Å². The molecular formula is C16H18FNO3. The Bertz CT molecular complexity index is 556. The van der Waals surface area contributed by atoms with Gasteiger partial charge in [-0.25, -0.2) is 4.39 Å². The summed E-state index contributed by atoms with van der Waals surface area (Å²) in [7, 11) is 0. The smallest absolute Gasteiger partial charge is 0.223 e. The molecule has 0 aromatic heterocycles. The zero-order valence-corrected chi connectivity index (χ0v) is 11.7. The number of hydrogen-bond donors (Lipinski definition) is 2. The van der Waals surface area contributed by atoms with Crippen molar-refractivity contribution in [3.8, 4) is 11.8 Å².